The molecule has 0 atom stereocenters. The van der Waals surface area contributed by atoms with Crippen LogP contribution < -0.4 is 19.5 Å². The number of benzene rings is 2. The van der Waals surface area contributed by atoms with Crippen molar-refractivity contribution >= 4 is 23.6 Å². The number of alkyl halides is 6. The van der Waals surface area contributed by atoms with E-state index in [4.69, 9.17) is 5.11 Å². The fourth-order valence-electron chi connectivity index (χ4n) is 2.41. The Labute approximate surface area is 175 Å². The van der Waals surface area contributed by atoms with E-state index in [0.717, 1.165) is 24.3 Å². The van der Waals surface area contributed by atoms with Crippen LogP contribution in [0.5, 0.6) is 17.2 Å². The van der Waals surface area contributed by atoms with Crippen molar-refractivity contribution in [3.05, 3.63) is 53.6 Å². The van der Waals surface area contributed by atoms with Crippen LogP contribution in [0.2, 0.25) is 0 Å². The Morgan fingerprint density at radius 3 is 2.03 bits per heavy atom. The van der Waals surface area contributed by atoms with Crippen molar-refractivity contribution in [2.75, 3.05) is 5.32 Å². The molecule has 1 amide bonds. The van der Waals surface area contributed by atoms with Gasteiger partial charge in [0, 0.05) is 11.6 Å². The van der Waals surface area contributed by atoms with Gasteiger partial charge in [0.2, 0.25) is 11.7 Å². The highest BCUT2D eigenvalue weighted by Crippen LogP contribution is 2.43. The zero-order valence-corrected chi connectivity index (χ0v) is 15.6. The number of rotatable bonds is 10. The van der Waals surface area contributed by atoms with Crippen LogP contribution in [0.4, 0.5) is 32.0 Å². The number of aromatic carboxylic acids is 1. The molecule has 172 valence electrons. The molecular formula is C19H13F6NO6. The standard InChI is InChI=1S/C19H13F6NO6/c20-17(21)30-12-7-5-9(14(31-18(22)23)15(12)32-19(24)25)6-8-13(27)26-11-4-2-1-3-10(11)16(28)29/h1-8,17-19H,(H,26,27)(H,28,29)/b8-6+. The van der Waals surface area contributed by atoms with Crippen LogP contribution in [-0.2, 0) is 4.79 Å². The van der Waals surface area contributed by atoms with Gasteiger partial charge in [-0.2, -0.15) is 26.3 Å². The third kappa shape index (κ3) is 6.82. The molecule has 0 aliphatic heterocycles. The molecule has 0 saturated carbocycles. The number of nitrogens with one attached hydrogen (secondary N) is 1. The van der Waals surface area contributed by atoms with Crippen LogP contribution in [0, 0.1) is 0 Å². The van der Waals surface area contributed by atoms with Gasteiger partial charge < -0.3 is 24.6 Å². The molecule has 0 aromatic heterocycles. The second-order valence-electron chi connectivity index (χ2n) is 5.62. The van der Waals surface area contributed by atoms with Gasteiger partial charge in [-0.1, -0.05) is 12.1 Å². The molecule has 0 heterocycles. The van der Waals surface area contributed by atoms with Crippen LogP contribution in [0.3, 0.4) is 0 Å². The summed E-state index contributed by atoms with van der Waals surface area (Å²) in [7, 11) is 0. The van der Waals surface area contributed by atoms with Crippen molar-refractivity contribution < 1.29 is 55.2 Å². The number of amides is 1. The molecule has 13 heteroatoms. The van der Waals surface area contributed by atoms with Crippen LogP contribution in [0.1, 0.15) is 15.9 Å². The summed E-state index contributed by atoms with van der Waals surface area (Å²) in [5.41, 5.74) is -0.748. The van der Waals surface area contributed by atoms with Gasteiger partial charge in [-0.3, -0.25) is 4.79 Å². The number of anilines is 1. The van der Waals surface area contributed by atoms with E-state index in [1.165, 1.54) is 24.3 Å². The smallest absolute Gasteiger partial charge is 0.387 e. The minimum atomic E-state index is -3.61. The van der Waals surface area contributed by atoms with Crippen molar-refractivity contribution in [1.29, 1.82) is 0 Å². The molecule has 0 unspecified atom stereocenters. The first-order valence-electron chi connectivity index (χ1n) is 8.41. The van der Waals surface area contributed by atoms with Crippen molar-refractivity contribution in [2.45, 2.75) is 19.8 Å². The summed E-state index contributed by atoms with van der Waals surface area (Å²) in [4.78, 5) is 23.3. The van der Waals surface area contributed by atoms with E-state index in [1.54, 1.807) is 0 Å². The summed E-state index contributed by atoms with van der Waals surface area (Å²) in [5, 5.41) is 11.3. The number of ether oxygens (including phenoxy) is 3. The number of para-hydroxylation sites is 1. The predicted octanol–water partition coefficient (Wildman–Crippen LogP) is 4.84. The average Bonchev–Trinajstić information content (AvgIpc) is 2.69. The quantitative estimate of drug-likeness (QED) is 0.385. The van der Waals surface area contributed by atoms with E-state index in [1.807, 2.05) is 0 Å². The fraction of sp³-hybridized carbons (Fsp3) is 0.158. The van der Waals surface area contributed by atoms with Crippen LogP contribution >= 0.6 is 0 Å². The van der Waals surface area contributed by atoms with Gasteiger partial charge in [-0.05, 0) is 30.3 Å². The molecule has 2 rings (SSSR count). The summed E-state index contributed by atoms with van der Waals surface area (Å²) >= 11 is 0. The lowest BCUT2D eigenvalue weighted by molar-refractivity contribution is -0.111. The molecule has 2 aromatic rings. The van der Waals surface area contributed by atoms with E-state index in [-0.39, 0.29) is 11.3 Å². The predicted molar refractivity (Wildman–Crippen MR) is 97.4 cm³/mol. The maximum atomic E-state index is 12.8. The Morgan fingerprint density at radius 2 is 1.44 bits per heavy atom. The molecular weight excluding hydrogens is 452 g/mol. The van der Waals surface area contributed by atoms with Crippen LogP contribution in [-0.4, -0.2) is 36.8 Å². The summed E-state index contributed by atoms with van der Waals surface area (Å²) in [6.07, 6.45) is 1.58. The molecule has 0 aliphatic carbocycles. The van der Waals surface area contributed by atoms with Gasteiger partial charge in [0.15, 0.2) is 11.5 Å². The highest BCUT2D eigenvalue weighted by molar-refractivity contribution is 6.06. The zero-order valence-electron chi connectivity index (χ0n) is 15.6. The molecule has 0 spiro atoms. The number of hydrogen-bond acceptors (Lipinski definition) is 5. The number of hydrogen-bond donors (Lipinski definition) is 2. The van der Waals surface area contributed by atoms with E-state index in [2.05, 4.69) is 19.5 Å². The molecule has 32 heavy (non-hydrogen) atoms. The van der Waals surface area contributed by atoms with E-state index < -0.39 is 54.5 Å². The van der Waals surface area contributed by atoms with Crippen molar-refractivity contribution in [2.24, 2.45) is 0 Å². The van der Waals surface area contributed by atoms with E-state index in [0.29, 0.717) is 0 Å². The fourth-order valence-corrected chi connectivity index (χ4v) is 2.41. The molecule has 0 aliphatic rings. The summed E-state index contributed by atoms with van der Waals surface area (Å²) in [6.45, 7) is -10.7. The Kier molecular flexibility index (Phi) is 8.32. The highest BCUT2D eigenvalue weighted by Gasteiger charge is 2.24. The summed E-state index contributed by atoms with van der Waals surface area (Å²) in [5.74, 6) is -5.59. The Bertz CT molecular complexity index is 998. The van der Waals surface area contributed by atoms with Crippen molar-refractivity contribution in [1.82, 2.24) is 0 Å². The SMILES string of the molecule is O=C(/C=C/c1ccc(OC(F)F)c(OC(F)F)c1OC(F)F)Nc1ccccc1C(=O)O. The minimum absolute atomic E-state index is 0.0823. The lowest BCUT2D eigenvalue weighted by atomic mass is 10.1. The highest BCUT2D eigenvalue weighted by atomic mass is 19.3. The monoisotopic (exact) mass is 465 g/mol. The summed E-state index contributed by atoms with van der Waals surface area (Å²) in [6, 6.07) is 6.95. The van der Waals surface area contributed by atoms with Crippen LogP contribution in [0.15, 0.2) is 42.5 Å². The topological polar surface area (TPSA) is 94.1 Å². The Balaban J connectivity index is 2.40. The maximum absolute atomic E-state index is 12.8. The zero-order chi connectivity index (χ0) is 23.8. The molecule has 0 saturated heterocycles. The van der Waals surface area contributed by atoms with Crippen molar-refractivity contribution in [3.63, 3.8) is 0 Å². The first-order chi connectivity index (χ1) is 15.1. The normalized spacial score (nSPS) is 11.3. The molecule has 0 bridgehead atoms. The van der Waals surface area contributed by atoms with Gasteiger partial charge in [0.1, 0.15) is 0 Å². The maximum Gasteiger partial charge on any atom is 0.387 e. The lowest BCUT2D eigenvalue weighted by Crippen LogP contribution is -2.13. The first-order valence-corrected chi connectivity index (χ1v) is 8.41. The Hall–Kier alpha value is -3.90. The molecule has 2 aromatic carbocycles. The summed E-state index contributed by atoms with van der Waals surface area (Å²) < 4.78 is 88.2. The number of carbonyl (C=O) groups is 2. The number of halogens is 6. The number of carboxylic acid groups (broad SMARTS) is 1. The number of carbonyl (C=O) groups excluding carboxylic acids is 1. The van der Waals surface area contributed by atoms with Gasteiger partial charge in [0.05, 0.1) is 11.3 Å². The van der Waals surface area contributed by atoms with Crippen LogP contribution in [0.25, 0.3) is 6.08 Å². The van der Waals surface area contributed by atoms with Gasteiger partial charge >= 0.3 is 25.8 Å². The third-order valence-electron chi connectivity index (χ3n) is 3.57. The van der Waals surface area contributed by atoms with Gasteiger partial charge in [0.25, 0.3) is 0 Å². The first kappa shape index (κ1) is 24.4. The largest absolute Gasteiger partial charge is 0.478 e. The van der Waals surface area contributed by atoms with Crippen molar-refractivity contribution in [3.8, 4) is 17.2 Å². The molecule has 0 fully saturated rings. The Morgan fingerprint density at radius 1 is 0.844 bits per heavy atom. The second-order valence-corrected chi connectivity index (χ2v) is 5.62. The average molecular weight is 465 g/mol. The molecule has 0 radical (unpaired) electrons. The minimum Gasteiger partial charge on any atom is -0.478 e. The van der Waals surface area contributed by atoms with E-state index in [9.17, 15) is 35.9 Å². The lowest BCUT2D eigenvalue weighted by Gasteiger charge is -2.17. The molecule has 7 nitrogen and oxygen atoms in total. The molecule has 2 N–H and O–H groups in total. The van der Waals surface area contributed by atoms with Gasteiger partial charge in [-0.25, -0.2) is 4.79 Å². The van der Waals surface area contributed by atoms with Gasteiger partial charge in [-0.15, -0.1) is 0 Å². The number of carboxylic acids is 1. The van der Waals surface area contributed by atoms with E-state index >= 15 is 0 Å². The third-order valence-corrected chi connectivity index (χ3v) is 3.57. The second kappa shape index (κ2) is 10.9.